The van der Waals surface area contributed by atoms with E-state index < -0.39 is 11.7 Å². The maximum Gasteiger partial charge on any atom is 0.290 e. The number of halogens is 2. The monoisotopic (exact) mass is 346 g/mol. The number of benzene rings is 1. The molecule has 3 aromatic rings. The van der Waals surface area contributed by atoms with Gasteiger partial charge in [0.25, 0.3) is 11.7 Å². The summed E-state index contributed by atoms with van der Waals surface area (Å²) in [5.41, 5.74) is 1.50. The van der Waals surface area contributed by atoms with Crippen molar-refractivity contribution >= 4 is 23.4 Å². The molecule has 0 aliphatic heterocycles. The molecule has 0 spiro atoms. The smallest absolute Gasteiger partial charge is 0.290 e. The van der Waals surface area contributed by atoms with Crippen molar-refractivity contribution in [1.29, 1.82) is 0 Å². The number of pyridine rings is 1. The van der Waals surface area contributed by atoms with Crippen LogP contribution in [0.2, 0.25) is 0 Å². The van der Waals surface area contributed by atoms with Crippen molar-refractivity contribution < 1.29 is 13.6 Å². The molecule has 5 nitrogen and oxygen atoms in total. The maximum atomic E-state index is 12.6. The van der Waals surface area contributed by atoms with Gasteiger partial charge in [0.15, 0.2) is 0 Å². The van der Waals surface area contributed by atoms with Crippen molar-refractivity contribution in [3.8, 4) is 5.69 Å². The quantitative estimate of drug-likeness (QED) is 0.713. The van der Waals surface area contributed by atoms with Crippen LogP contribution < -0.4 is 5.32 Å². The van der Waals surface area contributed by atoms with E-state index in [0.717, 1.165) is 5.69 Å². The summed E-state index contributed by atoms with van der Waals surface area (Å²) in [5.74, 6) is -3.13. The first-order valence-corrected chi connectivity index (χ1v) is 7.83. The molecule has 8 heteroatoms. The molecule has 122 valence electrons. The Labute approximate surface area is 140 Å². The predicted octanol–water partition coefficient (Wildman–Crippen LogP) is 3.83. The van der Waals surface area contributed by atoms with E-state index in [1.807, 2.05) is 0 Å². The number of hydrogen-bond donors (Lipinski definition) is 1. The van der Waals surface area contributed by atoms with Crippen LogP contribution in [-0.4, -0.2) is 26.4 Å². The van der Waals surface area contributed by atoms with Crippen molar-refractivity contribution in [3.63, 3.8) is 0 Å². The largest absolute Gasteiger partial charge is 0.322 e. The molecular formula is C16H12F2N4OS. The second-order valence-electron chi connectivity index (χ2n) is 4.69. The molecule has 1 aromatic carbocycles. The summed E-state index contributed by atoms with van der Waals surface area (Å²) in [6.07, 6.45) is 4.84. The van der Waals surface area contributed by atoms with E-state index >= 15 is 0 Å². The number of rotatable bonds is 5. The lowest BCUT2D eigenvalue weighted by Crippen LogP contribution is -2.14. The second kappa shape index (κ2) is 7.22. The van der Waals surface area contributed by atoms with Gasteiger partial charge in [-0.05, 0) is 54.2 Å². The summed E-state index contributed by atoms with van der Waals surface area (Å²) in [6.45, 7) is 0. The van der Waals surface area contributed by atoms with Crippen molar-refractivity contribution in [2.75, 3.05) is 5.32 Å². The second-order valence-corrected chi connectivity index (χ2v) is 5.66. The molecule has 0 fully saturated rings. The van der Waals surface area contributed by atoms with Gasteiger partial charge in [0.2, 0.25) is 0 Å². The first-order chi connectivity index (χ1) is 11.6. The summed E-state index contributed by atoms with van der Waals surface area (Å²) >= 11 is 0.248. The van der Waals surface area contributed by atoms with Crippen molar-refractivity contribution in [2.24, 2.45) is 0 Å². The van der Waals surface area contributed by atoms with E-state index in [1.165, 1.54) is 18.3 Å². The van der Waals surface area contributed by atoms with E-state index in [0.29, 0.717) is 5.69 Å². The minimum atomic E-state index is -2.64. The van der Waals surface area contributed by atoms with Crippen molar-refractivity contribution in [1.82, 2.24) is 14.8 Å². The Hall–Kier alpha value is -2.74. The summed E-state index contributed by atoms with van der Waals surface area (Å²) in [6, 6.07) is 11.8. The van der Waals surface area contributed by atoms with Crippen LogP contribution in [0.15, 0.2) is 66.1 Å². The predicted molar refractivity (Wildman–Crippen MR) is 87.6 cm³/mol. The van der Waals surface area contributed by atoms with Gasteiger partial charge in [-0.1, -0.05) is 0 Å². The van der Waals surface area contributed by atoms with Gasteiger partial charge in [0.05, 0.1) is 11.3 Å². The third-order valence-electron chi connectivity index (χ3n) is 3.11. The molecule has 2 heterocycles. The van der Waals surface area contributed by atoms with Gasteiger partial charge in [-0.3, -0.25) is 4.79 Å². The van der Waals surface area contributed by atoms with Crippen LogP contribution in [0.1, 0.15) is 10.4 Å². The zero-order chi connectivity index (χ0) is 16.9. The number of anilines is 1. The van der Waals surface area contributed by atoms with Gasteiger partial charge in [0, 0.05) is 24.3 Å². The molecule has 0 bridgehead atoms. The number of amides is 1. The minimum absolute atomic E-state index is 0.00170. The van der Waals surface area contributed by atoms with Gasteiger partial charge in [-0.15, -0.1) is 0 Å². The normalized spacial score (nSPS) is 10.8. The molecule has 0 aliphatic rings. The number of alkyl halides is 2. The average molecular weight is 346 g/mol. The Balaban J connectivity index is 1.75. The summed E-state index contributed by atoms with van der Waals surface area (Å²) < 4.78 is 26.8. The molecule has 0 saturated carbocycles. The maximum absolute atomic E-state index is 12.6. The van der Waals surface area contributed by atoms with E-state index in [4.69, 9.17) is 0 Å². The molecule has 1 amide bonds. The first-order valence-electron chi connectivity index (χ1n) is 6.95. The lowest BCUT2D eigenvalue weighted by molar-refractivity contribution is 0.102. The molecule has 24 heavy (non-hydrogen) atoms. The molecule has 0 radical (unpaired) electrons. The Morgan fingerprint density at radius 3 is 2.58 bits per heavy atom. The lowest BCUT2D eigenvalue weighted by atomic mass is 10.2. The summed E-state index contributed by atoms with van der Waals surface area (Å²) in [4.78, 5) is 16.1. The zero-order valence-electron chi connectivity index (χ0n) is 12.3. The summed E-state index contributed by atoms with van der Waals surface area (Å²) in [7, 11) is 0. The Morgan fingerprint density at radius 1 is 1.12 bits per heavy atom. The topological polar surface area (TPSA) is 59.8 Å². The highest BCUT2D eigenvalue weighted by Crippen LogP contribution is 2.26. The molecule has 3 rings (SSSR count). The average Bonchev–Trinajstić information content (AvgIpc) is 3.10. The Bertz CT molecular complexity index is 822. The van der Waals surface area contributed by atoms with E-state index in [9.17, 15) is 13.6 Å². The molecule has 0 unspecified atom stereocenters. The van der Waals surface area contributed by atoms with Crippen LogP contribution in [0.4, 0.5) is 14.5 Å². The van der Waals surface area contributed by atoms with Gasteiger partial charge >= 0.3 is 0 Å². The number of hydrogen-bond acceptors (Lipinski definition) is 4. The van der Waals surface area contributed by atoms with Crippen LogP contribution in [-0.2, 0) is 0 Å². The highest BCUT2D eigenvalue weighted by atomic mass is 32.2. The SMILES string of the molecule is O=C(Nc1ccc(-n2cccn2)cc1)c1cccnc1SC(F)F. The summed E-state index contributed by atoms with van der Waals surface area (Å²) in [5, 5.41) is 6.79. The molecule has 0 aliphatic carbocycles. The fourth-order valence-electron chi connectivity index (χ4n) is 2.06. The Kier molecular flexibility index (Phi) is 4.85. The number of aromatic nitrogens is 3. The molecule has 1 N–H and O–H groups in total. The van der Waals surface area contributed by atoms with E-state index in [-0.39, 0.29) is 22.4 Å². The first kappa shape index (κ1) is 16.1. The van der Waals surface area contributed by atoms with Crippen LogP contribution in [0, 0.1) is 0 Å². The third kappa shape index (κ3) is 3.77. The highest BCUT2D eigenvalue weighted by Gasteiger charge is 2.16. The van der Waals surface area contributed by atoms with Gasteiger partial charge in [-0.25, -0.2) is 9.67 Å². The van der Waals surface area contributed by atoms with Crippen LogP contribution >= 0.6 is 11.8 Å². The molecule has 0 saturated heterocycles. The van der Waals surface area contributed by atoms with Crippen LogP contribution in [0.25, 0.3) is 5.69 Å². The fourth-order valence-corrected chi connectivity index (χ4v) is 2.64. The van der Waals surface area contributed by atoms with Crippen LogP contribution in [0.3, 0.4) is 0 Å². The van der Waals surface area contributed by atoms with Crippen molar-refractivity contribution in [2.45, 2.75) is 10.8 Å². The number of thioether (sulfide) groups is 1. The number of nitrogens with zero attached hydrogens (tertiary/aromatic N) is 3. The standard InChI is InChI=1S/C16H12F2N4OS/c17-16(18)24-15-13(3-1-8-19-15)14(23)21-11-4-6-12(7-5-11)22-10-2-9-20-22/h1-10,16H,(H,21,23). The Morgan fingerprint density at radius 2 is 1.92 bits per heavy atom. The van der Waals surface area contributed by atoms with Crippen molar-refractivity contribution in [3.05, 3.63) is 66.6 Å². The van der Waals surface area contributed by atoms with Gasteiger partial charge in [-0.2, -0.15) is 13.9 Å². The fraction of sp³-hybridized carbons (Fsp3) is 0.0625. The molecule has 0 atom stereocenters. The zero-order valence-corrected chi connectivity index (χ0v) is 13.1. The van der Waals surface area contributed by atoms with Crippen LogP contribution in [0.5, 0.6) is 0 Å². The van der Waals surface area contributed by atoms with E-state index in [2.05, 4.69) is 15.4 Å². The van der Waals surface area contributed by atoms with Gasteiger partial charge < -0.3 is 5.32 Å². The third-order valence-corrected chi connectivity index (χ3v) is 3.84. The number of carbonyl (C=O) groups is 1. The van der Waals surface area contributed by atoms with E-state index in [1.54, 1.807) is 47.4 Å². The highest BCUT2D eigenvalue weighted by molar-refractivity contribution is 7.99. The molecule has 2 aromatic heterocycles. The number of nitrogens with one attached hydrogen (secondary N) is 1. The van der Waals surface area contributed by atoms with Gasteiger partial charge in [0.1, 0.15) is 5.03 Å². The number of carbonyl (C=O) groups excluding carboxylic acids is 1. The minimum Gasteiger partial charge on any atom is -0.322 e. The lowest BCUT2D eigenvalue weighted by Gasteiger charge is -2.09. The molecular weight excluding hydrogens is 334 g/mol.